The molecule has 0 saturated heterocycles. The van der Waals surface area contributed by atoms with Crippen LogP contribution in [0.1, 0.15) is 18.5 Å². The van der Waals surface area contributed by atoms with Crippen molar-refractivity contribution < 1.29 is 4.74 Å². The Hall–Kier alpha value is -0.770. The summed E-state index contributed by atoms with van der Waals surface area (Å²) in [5.74, 6) is 0.851. The van der Waals surface area contributed by atoms with Crippen molar-refractivity contribution in [2.45, 2.75) is 13.0 Å². The predicted molar refractivity (Wildman–Crippen MR) is 60.8 cm³/mol. The van der Waals surface area contributed by atoms with Gasteiger partial charge in [-0.25, -0.2) is 0 Å². The Morgan fingerprint density at radius 1 is 1.43 bits per heavy atom. The number of halogens is 1. The number of rotatable bonds is 4. The molecule has 80 valence electrons. The summed E-state index contributed by atoms with van der Waals surface area (Å²) >= 11 is 0. The third kappa shape index (κ3) is 3.54. The topological polar surface area (TPSA) is 61.3 Å². The second kappa shape index (κ2) is 6.65. The van der Waals surface area contributed by atoms with E-state index in [0.717, 1.165) is 11.3 Å². The van der Waals surface area contributed by atoms with E-state index in [1.165, 1.54) is 0 Å². The van der Waals surface area contributed by atoms with E-state index in [1.54, 1.807) is 0 Å². The van der Waals surface area contributed by atoms with Gasteiger partial charge < -0.3 is 16.2 Å². The lowest BCUT2D eigenvalue weighted by molar-refractivity contribution is 0.339. The van der Waals surface area contributed by atoms with Gasteiger partial charge in [-0.3, -0.25) is 0 Å². The van der Waals surface area contributed by atoms with E-state index >= 15 is 0 Å². The Labute approximate surface area is 90.8 Å². The van der Waals surface area contributed by atoms with Crippen molar-refractivity contribution in [3.63, 3.8) is 0 Å². The van der Waals surface area contributed by atoms with Gasteiger partial charge in [-0.1, -0.05) is 12.1 Å². The molecule has 0 bridgehead atoms. The molecule has 3 nitrogen and oxygen atoms in total. The van der Waals surface area contributed by atoms with Gasteiger partial charge in [-0.05, 0) is 24.6 Å². The molecule has 0 unspecified atom stereocenters. The quantitative estimate of drug-likeness (QED) is 0.801. The van der Waals surface area contributed by atoms with Crippen molar-refractivity contribution in [1.82, 2.24) is 0 Å². The maximum Gasteiger partial charge on any atom is 0.119 e. The van der Waals surface area contributed by atoms with Crippen LogP contribution in [0, 0.1) is 0 Å². The molecule has 1 aromatic rings. The molecule has 0 aliphatic rings. The zero-order chi connectivity index (χ0) is 9.68. The van der Waals surface area contributed by atoms with Gasteiger partial charge >= 0.3 is 0 Å². The van der Waals surface area contributed by atoms with Crippen LogP contribution in [0.3, 0.4) is 0 Å². The number of hydrogen-bond acceptors (Lipinski definition) is 3. The van der Waals surface area contributed by atoms with Gasteiger partial charge in [0.15, 0.2) is 0 Å². The summed E-state index contributed by atoms with van der Waals surface area (Å²) in [5.41, 5.74) is 12.3. The van der Waals surface area contributed by atoms with Crippen molar-refractivity contribution in [1.29, 1.82) is 0 Å². The van der Waals surface area contributed by atoms with Gasteiger partial charge in [0.25, 0.3) is 0 Å². The molecule has 0 amide bonds. The molecule has 0 aromatic heterocycles. The van der Waals surface area contributed by atoms with Crippen LogP contribution in [-0.2, 0) is 0 Å². The molecular weight excluding hydrogens is 200 g/mol. The number of ether oxygens (including phenoxy) is 1. The van der Waals surface area contributed by atoms with E-state index in [2.05, 4.69) is 0 Å². The zero-order valence-corrected chi connectivity index (χ0v) is 9.09. The van der Waals surface area contributed by atoms with Crippen LogP contribution >= 0.6 is 12.4 Å². The van der Waals surface area contributed by atoms with Gasteiger partial charge in [0, 0.05) is 12.6 Å². The van der Waals surface area contributed by atoms with Gasteiger partial charge in [0.2, 0.25) is 0 Å². The second-order valence-electron chi connectivity index (χ2n) is 2.85. The van der Waals surface area contributed by atoms with E-state index < -0.39 is 0 Å². The Balaban J connectivity index is 0.00000169. The molecule has 0 heterocycles. The fraction of sp³-hybridized carbons (Fsp3) is 0.400. The smallest absolute Gasteiger partial charge is 0.119 e. The Bertz CT molecular complexity index is 268. The van der Waals surface area contributed by atoms with Crippen molar-refractivity contribution in [2.24, 2.45) is 11.5 Å². The maximum absolute atomic E-state index is 5.78. The largest absolute Gasteiger partial charge is 0.494 e. The first-order valence-electron chi connectivity index (χ1n) is 4.46. The summed E-state index contributed by atoms with van der Waals surface area (Å²) in [4.78, 5) is 0. The summed E-state index contributed by atoms with van der Waals surface area (Å²) in [5, 5.41) is 0. The molecule has 0 saturated carbocycles. The molecule has 1 atom stereocenters. The summed E-state index contributed by atoms with van der Waals surface area (Å²) in [6.45, 7) is 3.08. The molecular formula is C10H17ClN2O. The second-order valence-corrected chi connectivity index (χ2v) is 2.85. The fourth-order valence-electron chi connectivity index (χ4n) is 1.14. The summed E-state index contributed by atoms with van der Waals surface area (Å²) in [7, 11) is 0. The van der Waals surface area contributed by atoms with E-state index in [4.69, 9.17) is 16.2 Å². The minimum Gasteiger partial charge on any atom is -0.494 e. The molecule has 1 rings (SSSR count). The lowest BCUT2D eigenvalue weighted by Gasteiger charge is -2.10. The third-order valence-corrected chi connectivity index (χ3v) is 1.85. The molecule has 0 fully saturated rings. The number of benzene rings is 1. The van der Waals surface area contributed by atoms with E-state index in [1.807, 2.05) is 31.2 Å². The molecule has 0 radical (unpaired) electrons. The first-order valence-corrected chi connectivity index (χ1v) is 4.46. The fourth-order valence-corrected chi connectivity index (χ4v) is 1.14. The monoisotopic (exact) mass is 216 g/mol. The molecule has 0 aliphatic carbocycles. The van der Waals surface area contributed by atoms with Crippen LogP contribution in [0.25, 0.3) is 0 Å². The summed E-state index contributed by atoms with van der Waals surface area (Å²) in [6.07, 6.45) is 0. The van der Waals surface area contributed by atoms with E-state index in [0.29, 0.717) is 13.2 Å². The highest BCUT2D eigenvalue weighted by Gasteiger charge is 2.03. The van der Waals surface area contributed by atoms with Crippen LogP contribution < -0.4 is 16.2 Å². The number of nitrogens with two attached hydrogens (primary N) is 2. The lowest BCUT2D eigenvalue weighted by Crippen LogP contribution is -2.20. The summed E-state index contributed by atoms with van der Waals surface area (Å²) in [6, 6.07) is 7.63. The normalized spacial score (nSPS) is 11.6. The Morgan fingerprint density at radius 2 is 2.14 bits per heavy atom. The van der Waals surface area contributed by atoms with Gasteiger partial charge in [0.1, 0.15) is 5.75 Å². The standard InChI is InChI=1S/C10H16N2O.ClH/c1-2-13-9-5-3-4-8(6-9)10(12)7-11;/h3-6,10H,2,7,11-12H2,1H3;1H/t10-;/m0./s1. The minimum atomic E-state index is -0.0968. The number of hydrogen-bond donors (Lipinski definition) is 2. The minimum absolute atomic E-state index is 0. The molecule has 0 aliphatic heterocycles. The van der Waals surface area contributed by atoms with Crippen LogP contribution in [-0.4, -0.2) is 13.2 Å². The highest BCUT2D eigenvalue weighted by molar-refractivity contribution is 5.85. The van der Waals surface area contributed by atoms with Crippen molar-refractivity contribution in [2.75, 3.05) is 13.2 Å². The van der Waals surface area contributed by atoms with Crippen LogP contribution in [0.2, 0.25) is 0 Å². The lowest BCUT2D eigenvalue weighted by atomic mass is 10.1. The molecule has 4 N–H and O–H groups in total. The van der Waals surface area contributed by atoms with Gasteiger partial charge in [-0.2, -0.15) is 0 Å². The van der Waals surface area contributed by atoms with Gasteiger partial charge in [0.05, 0.1) is 6.61 Å². The first-order chi connectivity index (χ1) is 6.27. The van der Waals surface area contributed by atoms with Crippen molar-refractivity contribution in [3.8, 4) is 5.75 Å². The van der Waals surface area contributed by atoms with Crippen LogP contribution in [0.15, 0.2) is 24.3 Å². The summed E-state index contributed by atoms with van der Waals surface area (Å²) < 4.78 is 5.34. The SMILES string of the molecule is CCOc1cccc([C@@H](N)CN)c1.Cl. The average Bonchev–Trinajstić information content (AvgIpc) is 2.18. The van der Waals surface area contributed by atoms with Crippen LogP contribution in [0.4, 0.5) is 0 Å². The first kappa shape index (κ1) is 13.2. The van der Waals surface area contributed by atoms with E-state index in [-0.39, 0.29) is 18.4 Å². The predicted octanol–water partition coefficient (Wildman–Crippen LogP) is 1.47. The van der Waals surface area contributed by atoms with Crippen LogP contribution in [0.5, 0.6) is 5.75 Å². The highest BCUT2D eigenvalue weighted by atomic mass is 35.5. The Morgan fingerprint density at radius 3 is 2.71 bits per heavy atom. The van der Waals surface area contributed by atoms with E-state index in [9.17, 15) is 0 Å². The van der Waals surface area contributed by atoms with Crippen molar-refractivity contribution >= 4 is 12.4 Å². The highest BCUT2D eigenvalue weighted by Crippen LogP contribution is 2.17. The maximum atomic E-state index is 5.78. The molecule has 14 heavy (non-hydrogen) atoms. The molecule has 0 spiro atoms. The van der Waals surface area contributed by atoms with Gasteiger partial charge in [-0.15, -0.1) is 12.4 Å². The zero-order valence-electron chi connectivity index (χ0n) is 8.27. The molecule has 1 aromatic carbocycles. The third-order valence-electron chi connectivity index (χ3n) is 1.85. The van der Waals surface area contributed by atoms with Crippen molar-refractivity contribution in [3.05, 3.63) is 29.8 Å². The Kier molecular flexibility index (Phi) is 6.28. The molecule has 4 heteroatoms. The average molecular weight is 217 g/mol.